The Hall–Kier alpha value is -12.4. The molecule has 16 nitrogen and oxygen atoms in total. The van der Waals surface area contributed by atoms with Gasteiger partial charge >= 0.3 is 0 Å². The molecule has 2 aliphatic heterocycles. The van der Waals surface area contributed by atoms with E-state index in [0.717, 1.165) is 125 Å². The third-order valence-electron chi connectivity index (χ3n) is 18.7. The molecule has 2 fully saturated rings. The normalized spacial score (nSPS) is 13.1. The molecule has 0 bridgehead atoms. The molecule has 2 saturated heterocycles. The Labute approximate surface area is 574 Å². The molecule has 12 aromatic carbocycles. The van der Waals surface area contributed by atoms with Crippen LogP contribution in [-0.4, -0.2) is 93.4 Å². The van der Waals surface area contributed by atoms with Crippen LogP contribution in [0, 0.1) is 6.92 Å². The van der Waals surface area contributed by atoms with E-state index in [1.165, 1.54) is 19.3 Å². The van der Waals surface area contributed by atoms with Crippen molar-refractivity contribution in [2.75, 3.05) is 68.2 Å². The van der Waals surface area contributed by atoms with Crippen molar-refractivity contribution in [2.24, 2.45) is 0 Å². The Morgan fingerprint density at radius 3 is 1.03 bits per heavy atom. The average Bonchev–Trinajstić information content (AvgIpc) is 0.790. The highest BCUT2D eigenvalue weighted by atomic mass is 16.5. The zero-order chi connectivity index (χ0) is 68.2. The smallest absolute Gasteiger partial charge is 0.259 e. The maximum absolute atomic E-state index is 12.8. The van der Waals surface area contributed by atoms with E-state index in [1.807, 2.05) is 202 Å². The second-order valence-electron chi connectivity index (χ2n) is 25.4. The molecule has 4 N–H and O–H groups in total. The number of nitrogens with zero attached hydrogens (tertiary/aromatic N) is 7. The summed E-state index contributed by atoms with van der Waals surface area (Å²) in [5.41, 5.74) is 10.4. The summed E-state index contributed by atoms with van der Waals surface area (Å²) in [5.74, 6) is 2.43. The largest absolute Gasteiger partial charge is 0.378 e. The first-order valence-corrected chi connectivity index (χ1v) is 33.8. The van der Waals surface area contributed by atoms with E-state index in [4.69, 9.17) is 14.7 Å². The predicted octanol–water partition coefficient (Wildman–Crippen LogP) is 16.2. The Balaban J connectivity index is 0.000000109. The van der Waals surface area contributed by atoms with E-state index in [-0.39, 0.29) is 22.2 Å². The molecular weight excluding hydrogens is 1240 g/mol. The number of aryl methyl sites for hydroxylation is 1. The number of aromatic amines is 4. The highest BCUT2D eigenvalue weighted by Crippen LogP contribution is 2.33. The van der Waals surface area contributed by atoms with Gasteiger partial charge in [0.15, 0.2) is 0 Å². The maximum Gasteiger partial charge on any atom is 0.259 e. The Bertz CT molecular complexity index is 5820. The van der Waals surface area contributed by atoms with Gasteiger partial charge in [-0.3, -0.25) is 19.2 Å². The van der Waals surface area contributed by atoms with Crippen LogP contribution in [0.3, 0.4) is 0 Å². The van der Waals surface area contributed by atoms with Gasteiger partial charge in [-0.15, -0.1) is 0 Å². The number of aromatic nitrogens is 8. The van der Waals surface area contributed by atoms with Gasteiger partial charge in [0.2, 0.25) is 0 Å². The van der Waals surface area contributed by atoms with E-state index in [1.54, 1.807) is 0 Å². The molecule has 0 atom stereocenters. The van der Waals surface area contributed by atoms with Crippen molar-refractivity contribution in [1.29, 1.82) is 0 Å². The summed E-state index contributed by atoms with van der Waals surface area (Å²) in [7, 11) is 3.90. The number of fused-ring (bicyclic) bond motifs is 8. The lowest BCUT2D eigenvalue weighted by Gasteiger charge is -2.28. The van der Waals surface area contributed by atoms with Crippen LogP contribution >= 0.6 is 0 Å². The average molecular weight is 1310 g/mol. The Kier molecular flexibility index (Phi) is 17.8. The monoisotopic (exact) mass is 1310 g/mol. The molecule has 18 rings (SSSR count). The second-order valence-corrected chi connectivity index (χ2v) is 25.4. The zero-order valence-electron chi connectivity index (χ0n) is 55.6. The van der Waals surface area contributed by atoms with Gasteiger partial charge < -0.3 is 39.4 Å². The van der Waals surface area contributed by atoms with Crippen LogP contribution in [0.25, 0.3) is 132 Å². The number of anilines is 3. The lowest BCUT2D eigenvalue weighted by atomic mass is 10.0. The fraction of sp³-hybridized carbons (Fsp3) is 0.143. The van der Waals surface area contributed by atoms with Crippen LogP contribution in [-0.2, 0) is 4.74 Å². The van der Waals surface area contributed by atoms with Gasteiger partial charge in [0.1, 0.15) is 23.3 Å². The van der Waals surface area contributed by atoms with Crippen LogP contribution < -0.4 is 36.9 Å². The van der Waals surface area contributed by atoms with Crippen LogP contribution in [0.4, 0.5) is 17.1 Å². The Morgan fingerprint density at radius 1 is 0.330 bits per heavy atom. The second kappa shape index (κ2) is 28.0. The number of rotatable bonds is 7. The van der Waals surface area contributed by atoms with Gasteiger partial charge in [-0.05, 0) is 136 Å². The first-order chi connectivity index (χ1) is 48.9. The number of ether oxygens (including phenoxy) is 1. The van der Waals surface area contributed by atoms with Crippen molar-refractivity contribution in [2.45, 2.75) is 26.2 Å². The van der Waals surface area contributed by atoms with Crippen molar-refractivity contribution >= 4 is 104 Å². The molecule has 6 heterocycles. The summed E-state index contributed by atoms with van der Waals surface area (Å²) >= 11 is 0. The third-order valence-corrected chi connectivity index (χ3v) is 18.7. The summed E-state index contributed by atoms with van der Waals surface area (Å²) in [6.45, 7) is 7.20. The van der Waals surface area contributed by atoms with Crippen LogP contribution in [0.2, 0.25) is 0 Å². The molecule has 492 valence electrons. The minimum atomic E-state index is -0.119. The maximum atomic E-state index is 12.8. The predicted molar refractivity (Wildman–Crippen MR) is 409 cm³/mol. The molecule has 4 aromatic heterocycles. The van der Waals surface area contributed by atoms with Gasteiger partial charge in [0.25, 0.3) is 22.2 Å². The molecule has 0 unspecified atom stereocenters. The number of benzene rings is 12. The SMILES string of the molecule is CN(C)c1ccc2nc(-c3cccc4ccccc34)[nH]c(=O)c2c1.Cc1ccc2nc(-c3cccc4ccccc34)[nH]c(=O)c2c1.O=c1[nH]c(-c2cccc3ccccc23)nc2ccc(N3CCCCC3)cc12.O=c1[nH]c(-c2cccc3ccccc23)nc2ccc(N3CCOCC3)cc12. The van der Waals surface area contributed by atoms with E-state index in [2.05, 4.69) is 106 Å². The summed E-state index contributed by atoms with van der Waals surface area (Å²) in [6.07, 6.45) is 3.72. The van der Waals surface area contributed by atoms with E-state index in [9.17, 15) is 19.2 Å². The van der Waals surface area contributed by atoms with E-state index < -0.39 is 0 Å². The fourth-order valence-corrected chi connectivity index (χ4v) is 13.5. The number of hydrogen-bond donors (Lipinski definition) is 4. The topological polar surface area (TPSA) is 202 Å². The molecule has 0 aliphatic carbocycles. The number of H-pyrrole nitrogens is 4. The van der Waals surface area contributed by atoms with Crippen molar-refractivity contribution in [3.63, 3.8) is 0 Å². The highest BCUT2D eigenvalue weighted by Gasteiger charge is 2.18. The Morgan fingerprint density at radius 2 is 0.650 bits per heavy atom. The van der Waals surface area contributed by atoms with Crippen LogP contribution in [0.15, 0.2) is 262 Å². The highest BCUT2D eigenvalue weighted by molar-refractivity contribution is 6.00. The van der Waals surface area contributed by atoms with Crippen LogP contribution in [0.1, 0.15) is 24.8 Å². The lowest BCUT2D eigenvalue weighted by molar-refractivity contribution is 0.122. The van der Waals surface area contributed by atoms with Crippen molar-refractivity contribution < 1.29 is 4.74 Å². The molecule has 100 heavy (non-hydrogen) atoms. The van der Waals surface area contributed by atoms with Gasteiger partial charge in [-0.1, -0.05) is 181 Å². The first kappa shape index (κ1) is 63.6. The van der Waals surface area contributed by atoms with Crippen molar-refractivity contribution in [3.05, 3.63) is 290 Å². The summed E-state index contributed by atoms with van der Waals surface area (Å²) in [5, 5.41) is 11.3. The molecule has 2 aliphatic rings. The zero-order valence-corrected chi connectivity index (χ0v) is 55.6. The van der Waals surface area contributed by atoms with Gasteiger partial charge in [-0.25, -0.2) is 19.9 Å². The van der Waals surface area contributed by atoms with Crippen molar-refractivity contribution in [3.8, 4) is 45.6 Å². The molecule has 16 heteroatoms. The van der Waals surface area contributed by atoms with Crippen molar-refractivity contribution in [1.82, 2.24) is 39.9 Å². The fourth-order valence-electron chi connectivity index (χ4n) is 13.5. The molecule has 0 spiro atoms. The van der Waals surface area contributed by atoms with Gasteiger partial charge in [0.05, 0.1) is 56.8 Å². The van der Waals surface area contributed by atoms with Gasteiger partial charge in [0, 0.05) is 79.6 Å². The number of hydrogen-bond acceptors (Lipinski definition) is 12. The van der Waals surface area contributed by atoms with Gasteiger partial charge in [-0.2, -0.15) is 0 Å². The quantitative estimate of drug-likeness (QED) is 0.118. The molecule has 0 saturated carbocycles. The number of piperidine rings is 1. The molecule has 16 aromatic rings. The minimum Gasteiger partial charge on any atom is -0.378 e. The standard InChI is InChI=1S/C23H21N3O.C22H19N3O2.C20H17N3O.C19H14N2O/c27-23-20-15-17(26-13-4-1-5-14-26)11-12-21(20)24-22(25-23)19-10-6-8-16-7-2-3-9-18(16)19;26-22-19-14-16(25-10-12-27-13-11-25)8-9-20(19)23-21(24-22)18-7-3-5-15-4-1-2-6-17(15)18;1-23(2)14-10-11-18-17(12-14)20(24)22-19(21-18)16-9-5-7-13-6-3-4-8-15(13)16;1-12-9-10-17-16(11-12)19(22)21-18(20-17)15-8-4-6-13-5-2-3-7-14(13)15/h2-3,6-12,15H,1,4-5,13-14H2,(H,24,25,27);1-9,14H,10-13H2,(H,23,24,26);3-12H,1-2H3,(H,21,22,24);2-11H,1H3,(H,20,21,22). The summed E-state index contributed by atoms with van der Waals surface area (Å²) < 4.78 is 5.41. The lowest BCUT2D eigenvalue weighted by Crippen LogP contribution is -2.36. The summed E-state index contributed by atoms with van der Waals surface area (Å²) in [4.78, 5) is 87.8. The summed E-state index contributed by atoms with van der Waals surface area (Å²) in [6, 6.07) is 80.1. The number of nitrogens with one attached hydrogen (secondary N) is 4. The first-order valence-electron chi connectivity index (χ1n) is 33.8. The molecular formula is C84H71N11O5. The minimum absolute atomic E-state index is 0.0817. The van der Waals surface area contributed by atoms with Crippen LogP contribution in [0.5, 0.6) is 0 Å². The molecule has 0 radical (unpaired) electrons. The molecule has 0 amide bonds. The number of morpholine rings is 1. The van der Waals surface area contributed by atoms with E-state index >= 15 is 0 Å². The van der Waals surface area contributed by atoms with E-state index in [0.29, 0.717) is 69.1 Å². The third kappa shape index (κ3) is 13.2.